The van der Waals surface area contributed by atoms with E-state index in [1.807, 2.05) is 0 Å². The fourth-order valence-corrected chi connectivity index (χ4v) is 2.96. The highest BCUT2D eigenvalue weighted by Gasteiger charge is 2.26. The number of carbonyl (C=O) groups is 1. The first-order chi connectivity index (χ1) is 8.66. The summed E-state index contributed by atoms with van der Waals surface area (Å²) in [6.07, 6.45) is 0. The third kappa shape index (κ3) is 3.33. The third-order valence-corrected chi connectivity index (χ3v) is 4.28. The minimum absolute atomic E-state index is 0.117. The van der Waals surface area contributed by atoms with Gasteiger partial charge in [0.25, 0.3) is 0 Å². The van der Waals surface area contributed by atoms with Gasteiger partial charge in [-0.1, -0.05) is 12.2 Å². The van der Waals surface area contributed by atoms with Gasteiger partial charge in [-0.15, -0.1) is 0 Å². The highest BCUT2D eigenvalue weighted by molar-refractivity contribution is 7.89. The molecule has 6 nitrogen and oxygen atoms in total. The Labute approximate surface area is 112 Å². The number of aromatic carboxylic acids is 1. The fourth-order valence-electron chi connectivity index (χ4n) is 1.57. The molecule has 0 aliphatic rings. The highest BCUT2D eigenvalue weighted by atomic mass is 32.2. The molecule has 0 aliphatic carbocycles. The van der Waals surface area contributed by atoms with E-state index < -0.39 is 16.0 Å². The van der Waals surface area contributed by atoms with Crippen molar-refractivity contribution in [2.24, 2.45) is 0 Å². The maximum Gasteiger partial charge on any atom is 0.337 e. The van der Waals surface area contributed by atoms with Crippen LogP contribution in [0.4, 0.5) is 5.69 Å². The van der Waals surface area contributed by atoms with Gasteiger partial charge in [0.05, 0.1) is 10.5 Å². The molecule has 0 saturated heterocycles. The number of rotatable bonds is 5. The summed E-state index contributed by atoms with van der Waals surface area (Å²) >= 11 is 0. The van der Waals surface area contributed by atoms with Gasteiger partial charge in [-0.2, -0.15) is 4.31 Å². The Morgan fingerprint density at radius 2 is 2.05 bits per heavy atom. The van der Waals surface area contributed by atoms with E-state index in [1.54, 1.807) is 6.92 Å². The Bertz CT molecular complexity index is 623. The molecular weight excluding hydrogens is 268 g/mol. The molecule has 1 aromatic carbocycles. The zero-order chi connectivity index (χ0) is 14.8. The second-order valence-corrected chi connectivity index (χ2v) is 6.29. The van der Waals surface area contributed by atoms with Crippen LogP contribution < -0.4 is 5.73 Å². The van der Waals surface area contributed by atoms with Gasteiger partial charge in [0.15, 0.2) is 0 Å². The first-order valence-electron chi connectivity index (χ1n) is 5.40. The Balaban J connectivity index is 3.36. The number of sulfonamides is 1. The van der Waals surface area contributed by atoms with Crippen LogP contribution in [-0.2, 0) is 10.0 Å². The minimum Gasteiger partial charge on any atom is -0.478 e. The zero-order valence-corrected chi connectivity index (χ0v) is 11.6. The molecule has 0 unspecified atom stereocenters. The summed E-state index contributed by atoms with van der Waals surface area (Å²) in [6.45, 7) is 5.44. The number of benzene rings is 1. The topological polar surface area (TPSA) is 101 Å². The van der Waals surface area contributed by atoms with E-state index >= 15 is 0 Å². The molecule has 0 heterocycles. The molecule has 0 spiro atoms. The molecule has 19 heavy (non-hydrogen) atoms. The van der Waals surface area contributed by atoms with Crippen LogP contribution in [-0.4, -0.2) is 37.4 Å². The lowest BCUT2D eigenvalue weighted by atomic mass is 10.2. The van der Waals surface area contributed by atoms with Gasteiger partial charge in [-0.05, 0) is 25.1 Å². The smallest absolute Gasteiger partial charge is 0.337 e. The predicted octanol–water partition coefficient (Wildman–Crippen LogP) is 1.16. The number of hydrogen-bond acceptors (Lipinski definition) is 4. The first-order valence-corrected chi connectivity index (χ1v) is 6.84. The van der Waals surface area contributed by atoms with Crippen molar-refractivity contribution in [1.82, 2.24) is 4.31 Å². The molecule has 7 heteroatoms. The molecule has 0 radical (unpaired) electrons. The van der Waals surface area contributed by atoms with E-state index in [4.69, 9.17) is 10.8 Å². The monoisotopic (exact) mass is 284 g/mol. The van der Waals surface area contributed by atoms with Crippen LogP contribution in [0.25, 0.3) is 0 Å². The molecular formula is C12H16N2O4S. The van der Waals surface area contributed by atoms with Crippen LogP contribution in [0.15, 0.2) is 35.2 Å². The third-order valence-electron chi connectivity index (χ3n) is 2.41. The quantitative estimate of drug-likeness (QED) is 0.624. The van der Waals surface area contributed by atoms with E-state index in [1.165, 1.54) is 19.2 Å². The average molecular weight is 284 g/mol. The van der Waals surface area contributed by atoms with E-state index in [0.29, 0.717) is 5.57 Å². The number of likely N-dealkylation sites (N-methyl/N-ethyl adjacent to an activating group) is 1. The summed E-state index contributed by atoms with van der Waals surface area (Å²) in [6, 6.07) is 3.68. The van der Waals surface area contributed by atoms with E-state index in [0.717, 1.165) is 10.4 Å². The lowest BCUT2D eigenvalue weighted by molar-refractivity contribution is 0.0692. The number of nitrogens with two attached hydrogens (primary N) is 1. The van der Waals surface area contributed by atoms with Crippen molar-refractivity contribution < 1.29 is 18.3 Å². The molecule has 1 aromatic rings. The summed E-state index contributed by atoms with van der Waals surface area (Å²) < 4.78 is 25.6. The number of anilines is 1. The van der Waals surface area contributed by atoms with Crippen molar-refractivity contribution in [1.29, 1.82) is 0 Å². The molecule has 0 bridgehead atoms. The van der Waals surface area contributed by atoms with Crippen molar-refractivity contribution >= 4 is 21.7 Å². The standard InChI is InChI=1S/C12H16N2O4S/c1-8(2)7-14(3)19(17,18)11-5-4-9(13)6-10(11)12(15)16/h4-6H,1,7,13H2,2-3H3,(H,15,16). The summed E-state index contributed by atoms with van der Waals surface area (Å²) in [5, 5.41) is 9.06. The summed E-state index contributed by atoms with van der Waals surface area (Å²) in [4.78, 5) is 10.8. The second kappa shape index (κ2) is 5.41. The lowest BCUT2D eigenvalue weighted by Crippen LogP contribution is -2.29. The van der Waals surface area contributed by atoms with Crippen LogP contribution in [0.5, 0.6) is 0 Å². The SMILES string of the molecule is C=C(C)CN(C)S(=O)(=O)c1ccc(N)cc1C(=O)O. The molecule has 0 aliphatic heterocycles. The van der Waals surface area contributed by atoms with Crippen LogP contribution >= 0.6 is 0 Å². The Kier molecular flexibility index (Phi) is 4.33. The maximum absolute atomic E-state index is 12.3. The predicted molar refractivity (Wildman–Crippen MR) is 72.4 cm³/mol. The van der Waals surface area contributed by atoms with Gasteiger partial charge in [0, 0.05) is 19.3 Å². The largest absolute Gasteiger partial charge is 0.478 e. The van der Waals surface area contributed by atoms with Gasteiger partial charge in [-0.25, -0.2) is 13.2 Å². The van der Waals surface area contributed by atoms with E-state index in [-0.39, 0.29) is 22.7 Å². The number of nitrogen functional groups attached to an aromatic ring is 1. The van der Waals surface area contributed by atoms with E-state index in [2.05, 4.69) is 6.58 Å². The molecule has 104 valence electrons. The van der Waals surface area contributed by atoms with Crippen LogP contribution in [0, 0.1) is 0 Å². The summed E-state index contributed by atoms with van der Waals surface area (Å²) in [7, 11) is -2.52. The Hall–Kier alpha value is -1.86. The van der Waals surface area contributed by atoms with Crippen LogP contribution in [0.3, 0.4) is 0 Å². The lowest BCUT2D eigenvalue weighted by Gasteiger charge is -2.18. The molecule has 0 fully saturated rings. The summed E-state index contributed by atoms with van der Waals surface area (Å²) in [5.74, 6) is -1.34. The summed E-state index contributed by atoms with van der Waals surface area (Å²) in [5.41, 5.74) is 5.98. The van der Waals surface area contributed by atoms with Crippen molar-refractivity contribution in [2.75, 3.05) is 19.3 Å². The molecule has 0 amide bonds. The molecule has 3 N–H and O–H groups in total. The molecule has 0 aromatic heterocycles. The number of carboxylic acids is 1. The van der Waals surface area contributed by atoms with Crippen molar-refractivity contribution in [3.8, 4) is 0 Å². The first kappa shape index (κ1) is 15.2. The number of carboxylic acid groups (broad SMARTS) is 1. The van der Waals surface area contributed by atoms with Crippen LogP contribution in [0.2, 0.25) is 0 Å². The normalized spacial score (nSPS) is 11.5. The minimum atomic E-state index is -3.89. The Morgan fingerprint density at radius 1 is 1.47 bits per heavy atom. The van der Waals surface area contributed by atoms with Gasteiger partial charge < -0.3 is 10.8 Å². The highest BCUT2D eigenvalue weighted by Crippen LogP contribution is 2.22. The van der Waals surface area contributed by atoms with Gasteiger partial charge in [0.2, 0.25) is 10.0 Å². The van der Waals surface area contributed by atoms with Gasteiger partial charge >= 0.3 is 5.97 Å². The van der Waals surface area contributed by atoms with Crippen molar-refractivity contribution in [3.05, 3.63) is 35.9 Å². The maximum atomic E-state index is 12.3. The number of hydrogen-bond donors (Lipinski definition) is 2. The van der Waals surface area contributed by atoms with Gasteiger partial charge in [0.1, 0.15) is 0 Å². The number of nitrogens with zero attached hydrogens (tertiary/aromatic N) is 1. The van der Waals surface area contributed by atoms with Crippen LogP contribution in [0.1, 0.15) is 17.3 Å². The second-order valence-electron chi connectivity index (χ2n) is 4.28. The Morgan fingerprint density at radius 3 is 2.53 bits per heavy atom. The molecule has 1 rings (SSSR count). The fraction of sp³-hybridized carbons (Fsp3) is 0.250. The van der Waals surface area contributed by atoms with Crippen molar-refractivity contribution in [2.45, 2.75) is 11.8 Å². The molecule has 0 atom stereocenters. The molecule has 0 saturated carbocycles. The van der Waals surface area contributed by atoms with Gasteiger partial charge in [-0.3, -0.25) is 0 Å². The van der Waals surface area contributed by atoms with Crippen molar-refractivity contribution in [3.63, 3.8) is 0 Å². The average Bonchev–Trinajstić information content (AvgIpc) is 2.27. The van der Waals surface area contributed by atoms with E-state index in [9.17, 15) is 13.2 Å². The zero-order valence-electron chi connectivity index (χ0n) is 10.8.